The van der Waals surface area contributed by atoms with Gasteiger partial charge in [-0.2, -0.15) is 15.4 Å². The van der Waals surface area contributed by atoms with Crippen LogP contribution in [-0.4, -0.2) is 36.8 Å². The van der Waals surface area contributed by atoms with Crippen LogP contribution < -0.4 is 10.0 Å². The summed E-state index contributed by atoms with van der Waals surface area (Å²) in [5.41, 5.74) is 2.42. The van der Waals surface area contributed by atoms with Crippen LogP contribution in [0, 0.1) is 0 Å². The van der Waals surface area contributed by atoms with Gasteiger partial charge >= 0.3 is 0 Å². The minimum absolute atomic E-state index is 0.0968. The molecule has 1 aromatic heterocycles. The van der Waals surface area contributed by atoms with Crippen LogP contribution in [0.2, 0.25) is 0 Å². The molecule has 25 heavy (non-hydrogen) atoms. The number of amides is 1. The first-order chi connectivity index (χ1) is 12.0. The highest BCUT2D eigenvalue weighted by Gasteiger charge is 2.13. The van der Waals surface area contributed by atoms with E-state index in [-0.39, 0.29) is 10.8 Å². The number of rotatable bonds is 5. The predicted octanol–water partition coefficient (Wildman–Crippen LogP) is 1.63. The molecule has 0 radical (unpaired) electrons. The molecule has 0 atom stereocenters. The van der Waals surface area contributed by atoms with E-state index >= 15 is 0 Å². The van der Waals surface area contributed by atoms with Gasteiger partial charge in [0, 0.05) is 16.8 Å². The minimum Gasteiger partial charge on any atom is -0.322 e. The van der Waals surface area contributed by atoms with Crippen LogP contribution in [-0.2, 0) is 10.0 Å². The monoisotopic (exact) mass is 357 g/mol. The highest BCUT2D eigenvalue weighted by molar-refractivity contribution is 7.89. The normalized spacial score (nSPS) is 11.2. The van der Waals surface area contributed by atoms with Gasteiger partial charge in [-0.05, 0) is 43.4 Å². The minimum atomic E-state index is -3.53. The molecule has 1 amide bonds. The van der Waals surface area contributed by atoms with Crippen LogP contribution in [0.3, 0.4) is 0 Å². The molecule has 0 saturated heterocycles. The van der Waals surface area contributed by atoms with Crippen LogP contribution >= 0.6 is 0 Å². The van der Waals surface area contributed by atoms with Crippen LogP contribution in [0.1, 0.15) is 10.4 Å². The zero-order chi connectivity index (χ0) is 17.9. The molecule has 0 saturated carbocycles. The maximum Gasteiger partial charge on any atom is 0.255 e. The molecule has 0 aliphatic rings. The standard InChI is InChI=1S/C16H15N5O3S/c1-17-25(23,24)14-7-5-11(6-8-14)16(22)19-13-4-2-3-12(9-13)15-10-18-21-20-15/h2-10,17H,1H3,(H,19,22)(H,18,20,21). The first kappa shape index (κ1) is 16.8. The molecule has 0 fully saturated rings. The van der Waals surface area contributed by atoms with Gasteiger partial charge in [0.25, 0.3) is 5.91 Å². The number of carbonyl (C=O) groups is 1. The van der Waals surface area contributed by atoms with E-state index in [0.717, 1.165) is 5.56 Å². The average molecular weight is 357 g/mol. The molecule has 0 unspecified atom stereocenters. The van der Waals surface area contributed by atoms with Crippen molar-refractivity contribution in [3.63, 3.8) is 0 Å². The molecule has 3 aromatic rings. The molecule has 0 aliphatic carbocycles. The fourth-order valence-corrected chi connectivity index (χ4v) is 2.93. The predicted molar refractivity (Wildman–Crippen MR) is 92.5 cm³/mol. The molecule has 0 aliphatic heterocycles. The second-order valence-electron chi connectivity index (χ2n) is 5.12. The van der Waals surface area contributed by atoms with Gasteiger partial charge in [-0.25, -0.2) is 13.1 Å². The zero-order valence-corrected chi connectivity index (χ0v) is 14.0. The zero-order valence-electron chi connectivity index (χ0n) is 13.2. The van der Waals surface area contributed by atoms with Gasteiger partial charge in [-0.3, -0.25) is 4.79 Å². The quantitative estimate of drug-likeness (QED) is 0.642. The van der Waals surface area contributed by atoms with Crippen molar-refractivity contribution in [1.29, 1.82) is 0 Å². The Labute approximate surface area is 144 Å². The Hall–Kier alpha value is -3.04. The Morgan fingerprint density at radius 2 is 1.88 bits per heavy atom. The number of nitrogens with one attached hydrogen (secondary N) is 3. The second kappa shape index (κ2) is 6.83. The van der Waals surface area contributed by atoms with Crippen molar-refractivity contribution in [3.8, 4) is 11.3 Å². The van der Waals surface area contributed by atoms with Gasteiger partial charge in [-0.1, -0.05) is 12.1 Å². The number of aromatic amines is 1. The first-order valence-corrected chi connectivity index (χ1v) is 8.79. The molecule has 0 bridgehead atoms. The summed E-state index contributed by atoms with van der Waals surface area (Å²) in [5, 5.41) is 13.1. The fourth-order valence-electron chi connectivity index (χ4n) is 2.20. The molecular formula is C16H15N5O3S. The van der Waals surface area contributed by atoms with E-state index in [9.17, 15) is 13.2 Å². The summed E-state index contributed by atoms with van der Waals surface area (Å²) in [5.74, 6) is -0.342. The Morgan fingerprint density at radius 3 is 2.52 bits per heavy atom. The van der Waals surface area contributed by atoms with Gasteiger partial charge in [0.1, 0.15) is 5.69 Å². The average Bonchev–Trinajstić information content (AvgIpc) is 3.17. The second-order valence-corrected chi connectivity index (χ2v) is 7.01. The summed E-state index contributed by atoms with van der Waals surface area (Å²) >= 11 is 0. The maximum absolute atomic E-state index is 12.3. The van der Waals surface area contributed by atoms with E-state index < -0.39 is 10.0 Å². The number of hydrogen-bond acceptors (Lipinski definition) is 5. The number of nitrogens with zero attached hydrogens (tertiary/aromatic N) is 2. The van der Waals surface area contributed by atoms with E-state index in [1.54, 1.807) is 24.4 Å². The van der Waals surface area contributed by atoms with Crippen LogP contribution in [0.5, 0.6) is 0 Å². The highest BCUT2D eigenvalue weighted by atomic mass is 32.2. The third kappa shape index (κ3) is 3.73. The molecule has 0 spiro atoms. The van der Waals surface area contributed by atoms with E-state index in [1.165, 1.54) is 31.3 Å². The number of hydrogen-bond donors (Lipinski definition) is 3. The van der Waals surface area contributed by atoms with Gasteiger partial charge in [0.2, 0.25) is 10.0 Å². The van der Waals surface area contributed by atoms with Gasteiger partial charge in [0.15, 0.2) is 0 Å². The van der Waals surface area contributed by atoms with E-state index in [4.69, 9.17) is 0 Å². The van der Waals surface area contributed by atoms with Crippen molar-refractivity contribution in [3.05, 3.63) is 60.3 Å². The van der Waals surface area contributed by atoms with Crippen molar-refractivity contribution in [1.82, 2.24) is 20.1 Å². The Balaban J connectivity index is 1.78. The van der Waals surface area contributed by atoms with Crippen LogP contribution in [0.25, 0.3) is 11.3 Å². The maximum atomic E-state index is 12.3. The van der Waals surface area contributed by atoms with Crippen molar-refractivity contribution in [2.24, 2.45) is 0 Å². The van der Waals surface area contributed by atoms with E-state index in [1.807, 2.05) is 6.07 Å². The molecule has 128 valence electrons. The van der Waals surface area contributed by atoms with Gasteiger partial charge < -0.3 is 5.32 Å². The Bertz CT molecular complexity index is 983. The summed E-state index contributed by atoms with van der Waals surface area (Å²) in [6, 6.07) is 12.9. The number of H-pyrrole nitrogens is 1. The highest BCUT2D eigenvalue weighted by Crippen LogP contribution is 2.20. The van der Waals surface area contributed by atoms with E-state index in [0.29, 0.717) is 16.9 Å². The first-order valence-electron chi connectivity index (χ1n) is 7.31. The lowest BCUT2D eigenvalue weighted by Crippen LogP contribution is -2.19. The number of anilines is 1. The topological polar surface area (TPSA) is 117 Å². The summed E-state index contributed by atoms with van der Waals surface area (Å²) in [4.78, 5) is 12.4. The van der Waals surface area contributed by atoms with Crippen molar-refractivity contribution >= 4 is 21.6 Å². The van der Waals surface area contributed by atoms with Crippen LogP contribution in [0.4, 0.5) is 5.69 Å². The lowest BCUT2D eigenvalue weighted by atomic mass is 10.1. The molecular weight excluding hydrogens is 342 g/mol. The lowest BCUT2D eigenvalue weighted by molar-refractivity contribution is 0.102. The Kier molecular flexibility index (Phi) is 4.59. The lowest BCUT2D eigenvalue weighted by Gasteiger charge is -2.07. The summed E-state index contributed by atoms with van der Waals surface area (Å²) in [6.07, 6.45) is 1.59. The molecule has 8 nitrogen and oxygen atoms in total. The fraction of sp³-hybridized carbons (Fsp3) is 0.0625. The van der Waals surface area contributed by atoms with Gasteiger partial charge in [-0.15, -0.1) is 0 Å². The van der Waals surface area contributed by atoms with Crippen molar-refractivity contribution in [2.45, 2.75) is 4.90 Å². The summed E-state index contributed by atoms with van der Waals surface area (Å²) in [7, 11) is -2.20. The third-order valence-corrected chi connectivity index (χ3v) is 4.96. The van der Waals surface area contributed by atoms with Crippen LogP contribution in [0.15, 0.2) is 59.6 Å². The number of aromatic nitrogens is 3. The molecule has 1 heterocycles. The smallest absolute Gasteiger partial charge is 0.255 e. The summed E-state index contributed by atoms with van der Waals surface area (Å²) < 4.78 is 25.6. The molecule has 3 N–H and O–H groups in total. The van der Waals surface area contributed by atoms with Crippen molar-refractivity contribution in [2.75, 3.05) is 12.4 Å². The summed E-state index contributed by atoms with van der Waals surface area (Å²) in [6.45, 7) is 0. The number of benzene rings is 2. The Morgan fingerprint density at radius 1 is 1.12 bits per heavy atom. The number of carbonyl (C=O) groups excluding carboxylic acids is 1. The largest absolute Gasteiger partial charge is 0.322 e. The van der Waals surface area contributed by atoms with Crippen molar-refractivity contribution < 1.29 is 13.2 Å². The molecule has 9 heteroatoms. The van der Waals surface area contributed by atoms with Gasteiger partial charge in [0.05, 0.1) is 11.1 Å². The van der Waals surface area contributed by atoms with E-state index in [2.05, 4.69) is 25.4 Å². The molecule has 2 aromatic carbocycles. The third-order valence-electron chi connectivity index (χ3n) is 3.53. The SMILES string of the molecule is CNS(=O)(=O)c1ccc(C(=O)Nc2cccc(-c3cn[nH]n3)c2)cc1. The molecule has 3 rings (SSSR count). The number of sulfonamides is 1.